The first kappa shape index (κ1) is 16.2. The number of aromatic nitrogens is 1. The minimum atomic E-state index is -0.214. The molecule has 0 unspecified atom stereocenters. The molecular weight excluding hydrogens is 290 g/mol. The summed E-state index contributed by atoms with van der Waals surface area (Å²) in [5.74, 6) is 1.93. The van der Waals surface area contributed by atoms with Crippen molar-refractivity contribution in [1.82, 2.24) is 14.8 Å². The topological polar surface area (TPSA) is 56.4 Å². The Hall–Kier alpha value is -1.62. The highest BCUT2D eigenvalue weighted by Crippen LogP contribution is 2.32. The fourth-order valence-electron chi connectivity index (χ4n) is 4.03. The van der Waals surface area contributed by atoms with Gasteiger partial charge >= 0.3 is 0 Å². The second-order valence-corrected chi connectivity index (χ2v) is 7.44. The first-order valence-electron chi connectivity index (χ1n) is 8.73. The molecule has 2 atom stereocenters. The van der Waals surface area contributed by atoms with Gasteiger partial charge in [-0.15, -0.1) is 0 Å². The molecule has 2 aliphatic rings. The number of fused-ring (bicyclic) bond motifs is 1. The molecule has 5 heteroatoms. The smallest absolute Gasteiger partial charge is 0.254 e. The zero-order valence-corrected chi connectivity index (χ0v) is 14.1. The number of nitrogens with one attached hydrogen (secondary N) is 1. The minimum absolute atomic E-state index is 0.00297. The number of carbonyl (C=O) groups excluding carboxylic acids is 1. The summed E-state index contributed by atoms with van der Waals surface area (Å²) in [6, 6.07) is 3.10. The first-order valence-corrected chi connectivity index (χ1v) is 8.73. The van der Waals surface area contributed by atoms with E-state index >= 15 is 0 Å². The molecule has 1 N–H and O–H groups in total. The van der Waals surface area contributed by atoms with Crippen LogP contribution in [0.15, 0.2) is 23.1 Å². The van der Waals surface area contributed by atoms with Crippen molar-refractivity contribution in [1.29, 1.82) is 0 Å². The maximum absolute atomic E-state index is 12.6. The Bertz CT molecular complexity index is 594. The molecule has 0 aliphatic carbocycles. The summed E-state index contributed by atoms with van der Waals surface area (Å²) in [6.07, 6.45) is 3.90. The highest BCUT2D eigenvalue weighted by Gasteiger charge is 2.37. The summed E-state index contributed by atoms with van der Waals surface area (Å²) in [5, 5.41) is 0. The molecule has 0 spiro atoms. The number of likely N-dealkylation sites (tertiary alicyclic amines) is 2. The molecule has 23 heavy (non-hydrogen) atoms. The number of amides is 1. The molecule has 1 amide bonds. The van der Waals surface area contributed by atoms with E-state index < -0.39 is 0 Å². The van der Waals surface area contributed by atoms with Gasteiger partial charge in [0.05, 0.1) is 0 Å². The standard InChI is InChI=1S/C18H27N3O2/c1-13(2)10-20-7-4-15-11-21(12-16(15)5-8-20)18(23)14-3-6-19-17(22)9-14/h3,6,9,13,15-16H,4-5,7-8,10-12H2,1-2H3,(H,19,22)/t15-,16+. The van der Waals surface area contributed by atoms with Crippen molar-refractivity contribution >= 4 is 5.91 Å². The summed E-state index contributed by atoms with van der Waals surface area (Å²) >= 11 is 0. The average Bonchev–Trinajstić information content (AvgIpc) is 2.83. The van der Waals surface area contributed by atoms with E-state index in [4.69, 9.17) is 0 Å². The third kappa shape index (κ3) is 3.83. The Morgan fingerprint density at radius 3 is 2.48 bits per heavy atom. The summed E-state index contributed by atoms with van der Waals surface area (Å²) in [7, 11) is 0. The SMILES string of the molecule is CC(C)CN1CC[C@@H]2CN(C(=O)c3cc[nH]c(=O)c3)C[C@@H]2CC1. The van der Waals surface area contributed by atoms with Crippen molar-refractivity contribution < 1.29 is 4.79 Å². The maximum Gasteiger partial charge on any atom is 0.254 e. The summed E-state index contributed by atoms with van der Waals surface area (Å²) in [5.41, 5.74) is 0.292. The van der Waals surface area contributed by atoms with Gasteiger partial charge in [0.25, 0.3) is 5.91 Å². The van der Waals surface area contributed by atoms with Crippen molar-refractivity contribution in [2.24, 2.45) is 17.8 Å². The van der Waals surface area contributed by atoms with Gasteiger partial charge in [0.2, 0.25) is 5.56 Å². The molecule has 2 fully saturated rings. The number of carbonyl (C=O) groups is 1. The summed E-state index contributed by atoms with van der Waals surface area (Å²) in [4.78, 5) is 31.1. The molecule has 1 aromatic rings. The fourth-order valence-corrected chi connectivity index (χ4v) is 4.03. The minimum Gasteiger partial charge on any atom is -0.338 e. The molecule has 0 bridgehead atoms. The molecule has 126 valence electrons. The molecule has 0 radical (unpaired) electrons. The van der Waals surface area contributed by atoms with Crippen LogP contribution in [0, 0.1) is 17.8 Å². The number of hydrogen-bond acceptors (Lipinski definition) is 3. The van der Waals surface area contributed by atoms with Crippen molar-refractivity contribution in [2.45, 2.75) is 26.7 Å². The monoisotopic (exact) mass is 317 g/mol. The lowest BCUT2D eigenvalue weighted by Gasteiger charge is -2.23. The molecule has 2 aliphatic heterocycles. The van der Waals surface area contributed by atoms with Crippen LogP contribution in [-0.2, 0) is 0 Å². The maximum atomic E-state index is 12.6. The van der Waals surface area contributed by atoms with Crippen molar-refractivity contribution in [3.05, 3.63) is 34.2 Å². The zero-order valence-electron chi connectivity index (χ0n) is 14.1. The van der Waals surface area contributed by atoms with E-state index in [2.05, 4.69) is 23.7 Å². The number of nitrogens with zero attached hydrogens (tertiary/aromatic N) is 2. The lowest BCUT2D eigenvalue weighted by Crippen LogP contribution is -2.32. The van der Waals surface area contributed by atoms with Gasteiger partial charge in [-0.05, 0) is 49.8 Å². The Labute approximate surface area is 137 Å². The Morgan fingerprint density at radius 2 is 1.91 bits per heavy atom. The number of H-pyrrole nitrogens is 1. The second-order valence-electron chi connectivity index (χ2n) is 7.44. The van der Waals surface area contributed by atoms with Crippen LogP contribution in [0.3, 0.4) is 0 Å². The summed E-state index contributed by atoms with van der Waals surface area (Å²) in [6.45, 7) is 9.69. The first-order chi connectivity index (χ1) is 11.0. The predicted octanol–water partition coefficient (Wildman–Crippen LogP) is 1.81. The fraction of sp³-hybridized carbons (Fsp3) is 0.667. The molecular formula is C18H27N3O2. The van der Waals surface area contributed by atoms with Gasteiger partial charge in [-0.25, -0.2) is 0 Å². The number of aromatic amines is 1. The highest BCUT2D eigenvalue weighted by atomic mass is 16.2. The Balaban J connectivity index is 1.61. The van der Waals surface area contributed by atoms with Crippen LogP contribution < -0.4 is 5.56 Å². The van der Waals surface area contributed by atoms with E-state index in [1.807, 2.05) is 4.90 Å². The van der Waals surface area contributed by atoms with Gasteiger partial charge in [-0.2, -0.15) is 0 Å². The van der Waals surface area contributed by atoms with Gasteiger partial charge < -0.3 is 14.8 Å². The number of hydrogen-bond donors (Lipinski definition) is 1. The van der Waals surface area contributed by atoms with E-state index in [1.54, 1.807) is 12.3 Å². The molecule has 3 heterocycles. The highest BCUT2D eigenvalue weighted by molar-refractivity contribution is 5.94. The van der Waals surface area contributed by atoms with E-state index in [-0.39, 0.29) is 11.5 Å². The Kier molecular flexibility index (Phi) is 4.85. The lowest BCUT2D eigenvalue weighted by molar-refractivity contribution is 0.0779. The normalized spacial score (nSPS) is 25.4. The largest absolute Gasteiger partial charge is 0.338 e. The van der Waals surface area contributed by atoms with Gasteiger partial charge in [0.1, 0.15) is 0 Å². The quantitative estimate of drug-likeness (QED) is 0.925. The zero-order chi connectivity index (χ0) is 16.4. The Morgan fingerprint density at radius 1 is 1.26 bits per heavy atom. The lowest BCUT2D eigenvalue weighted by atomic mass is 9.92. The van der Waals surface area contributed by atoms with Crippen LogP contribution in [0.1, 0.15) is 37.0 Å². The number of pyridine rings is 1. The average molecular weight is 317 g/mol. The number of rotatable bonds is 3. The van der Waals surface area contributed by atoms with Crippen LogP contribution >= 0.6 is 0 Å². The van der Waals surface area contributed by atoms with Gasteiger partial charge in [-0.1, -0.05) is 13.8 Å². The van der Waals surface area contributed by atoms with Crippen molar-refractivity contribution in [3.63, 3.8) is 0 Å². The van der Waals surface area contributed by atoms with E-state index in [0.717, 1.165) is 26.2 Å². The van der Waals surface area contributed by atoms with Crippen LogP contribution in [0.25, 0.3) is 0 Å². The third-order valence-electron chi connectivity index (χ3n) is 5.14. The van der Waals surface area contributed by atoms with Gasteiger partial charge in [-0.3, -0.25) is 9.59 Å². The van der Waals surface area contributed by atoms with Crippen molar-refractivity contribution in [2.75, 3.05) is 32.7 Å². The van der Waals surface area contributed by atoms with E-state index in [1.165, 1.54) is 25.5 Å². The molecule has 2 saturated heterocycles. The molecule has 5 nitrogen and oxygen atoms in total. The van der Waals surface area contributed by atoms with Crippen LogP contribution in [0.4, 0.5) is 0 Å². The van der Waals surface area contributed by atoms with Crippen LogP contribution in [0.2, 0.25) is 0 Å². The molecule has 3 rings (SSSR count). The molecule has 0 saturated carbocycles. The van der Waals surface area contributed by atoms with Gasteiger partial charge in [0.15, 0.2) is 0 Å². The summed E-state index contributed by atoms with van der Waals surface area (Å²) < 4.78 is 0. The van der Waals surface area contributed by atoms with Gasteiger partial charge in [0, 0.05) is 37.5 Å². The van der Waals surface area contributed by atoms with Crippen LogP contribution in [0.5, 0.6) is 0 Å². The van der Waals surface area contributed by atoms with Crippen molar-refractivity contribution in [3.8, 4) is 0 Å². The molecule has 0 aromatic carbocycles. The molecule has 1 aromatic heterocycles. The third-order valence-corrected chi connectivity index (χ3v) is 5.14. The van der Waals surface area contributed by atoms with E-state index in [0.29, 0.717) is 23.3 Å². The predicted molar refractivity (Wildman–Crippen MR) is 90.5 cm³/mol. The van der Waals surface area contributed by atoms with Crippen LogP contribution in [-0.4, -0.2) is 53.4 Å². The van der Waals surface area contributed by atoms with E-state index in [9.17, 15) is 9.59 Å². The second kappa shape index (κ2) is 6.87.